The van der Waals surface area contributed by atoms with Crippen molar-refractivity contribution in [3.63, 3.8) is 0 Å². The van der Waals surface area contributed by atoms with Gasteiger partial charge < -0.3 is 40.4 Å². The number of hydrogen-bond donors (Lipinski definition) is 5. The van der Waals surface area contributed by atoms with Gasteiger partial charge in [0.05, 0.1) is 6.10 Å². The molecule has 2 heterocycles. The standard InChI is InChI=1S/C36H45N5O8/c1-21(2)31-35(46)38-28(17-25-9-7-6-8-10-25)33(44)40-32(23(4)42)34(45)37-15-16-41(19-30(43)39-31)36(47)29-18-26(24(5)49-29)20-48-27-13-11-22(3)12-14-27/h6-14,18,21,23,28,31-32,42H,15-17,19-20H2,1-5H3,(H,37,45)(H,38,46)(H,39,43)(H,40,44)/t23-,28+,31-,32+/m1/s1. The van der Waals surface area contributed by atoms with Crippen molar-refractivity contribution in [1.82, 2.24) is 26.2 Å². The first-order valence-electron chi connectivity index (χ1n) is 16.3. The minimum Gasteiger partial charge on any atom is -0.489 e. The van der Waals surface area contributed by atoms with Gasteiger partial charge in [-0.2, -0.15) is 0 Å². The molecule has 0 radical (unpaired) electrons. The third-order valence-electron chi connectivity index (χ3n) is 8.19. The van der Waals surface area contributed by atoms with Gasteiger partial charge in [-0.15, -0.1) is 0 Å². The van der Waals surface area contributed by atoms with Crippen molar-refractivity contribution in [3.8, 4) is 5.75 Å². The van der Waals surface area contributed by atoms with E-state index in [1.165, 1.54) is 11.8 Å². The molecular weight excluding hydrogens is 630 g/mol. The zero-order valence-corrected chi connectivity index (χ0v) is 28.4. The number of nitrogens with one attached hydrogen (secondary N) is 4. The smallest absolute Gasteiger partial charge is 0.290 e. The Kier molecular flexibility index (Phi) is 12.6. The van der Waals surface area contributed by atoms with E-state index in [0.29, 0.717) is 17.1 Å². The van der Waals surface area contributed by atoms with E-state index in [-0.39, 0.29) is 37.8 Å². The molecule has 3 aromatic rings. The van der Waals surface area contributed by atoms with Crippen LogP contribution in [0.3, 0.4) is 0 Å². The summed E-state index contributed by atoms with van der Waals surface area (Å²) in [5, 5.41) is 21.1. The van der Waals surface area contributed by atoms with E-state index >= 15 is 0 Å². The van der Waals surface area contributed by atoms with Crippen molar-refractivity contribution in [1.29, 1.82) is 0 Å². The lowest BCUT2D eigenvalue weighted by Gasteiger charge is -2.27. The fraction of sp³-hybridized carbons (Fsp3) is 0.417. The number of aryl methyl sites for hydroxylation is 2. The Hall–Kier alpha value is -5.17. The second-order valence-corrected chi connectivity index (χ2v) is 12.6. The molecule has 2 aromatic carbocycles. The summed E-state index contributed by atoms with van der Waals surface area (Å²) in [5.74, 6) is -2.56. The van der Waals surface area contributed by atoms with Gasteiger partial charge in [0.2, 0.25) is 23.6 Å². The summed E-state index contributed by atoms with van der Waals surface area (Å²) in [5.41, 5.74) is 2.47. The van der Waals surface area contributed by atoms with Gasteiger partial charge in [0.25, 0.3) is 5.91 Å². The number of rotatable bonds is 8. The predicted molar refractivity (Wildman–Crippen MR) is 180 cm³/mol. The number of benzene rings is 2. The first-order chi connectivity index (χ1) is 23.3. The van der Waals surface area contributed by atoms with Crippen LogP contribution in [0.1, 0.15) is 53.8 Å². The normalized spacial score (nSPS) is 20.3. The molecule has 49 heavy (non-hydrogen) atoms. The molecule has 0 bridgehead atoms. The average molecular weight is 676 g/mol. The van der Waals surface area contributed by atoms with Crippen LogP contribution in [0.4, 0.5) is 0 Å². The van der Waals surface area contributed by atoms with Gasteiger partial charge in [-0.05, 0) is 50.5 Å². The van der Waals surface area contributed by atoms with E-state index in [2.05, 4.69) is 21.3 Å². The predicted octanol–water partition coefficient (Wildman–Crippen LogP) is 1.78. The van der Waals surface area contributed by atoms with Crippen molar-refractivity contribution in [3.05, 3.63) is 88.9 Å². The van der Waals surface area contributed by atoms with Crippen LogP contribution in [0.25, 0.3) is 0 Å². The number of nitrogens with zero attached hydrogens (tertiary/aromatic N) is 1. The van der Waals surface area contributed by atoms with Gasteiger partial charge in [-0.25, -0.2) is 0 Å². The highest BCUT2D eigenvalue weighted by atomic mass is 16.5. The highest BCUT2D eigenvalue weighted by Gasteiger charge is 2.34. The van der Waals surface area contributed by atoms with Crippen LogP contribution in [-0.2, 0) is 32.2 Å². The summed E-state index contributed by atoms with van der Waals surface area (Å²) in [6.45, 7) is 7.97. The second kappa shape index (κ2) is 16.8. The summed E-state index contributed by atoms with van der Waals surface area (Å²) < 4.78 is 11.6. The second-order valence-electron chi connectivity index (χ2n) is 12.6. The molecule has 13 nitrogen and oxygen atoms in total. The lowest BCUT2D eigenvalue weighted by molar-refractivity contribution is -0.135. The Morgan fingerprint density at radius 2 is 1.61 bits per heavy atom. The zero-order valence-electron chi connectivity index (χ0n) is 28.4. The Bertz CT molecular complexity index is 1620. The van der Waals surface area contributed by atoms with Crippen molar-refractivity contribution >= 4 is 29.5 Å². The number of aliphatic hydroxyl groups excluding tert-OH is 1. The topological polar surface area (TPSA) is 179 Å². The molecule has 262 valence electrons. The molecule has 5 amide bonds. The van der Waals surface area contributed by atoms with Crippen LogP contribution in [-0.4, -0.2) is 83.4 Å². The first kappa shape index (κ1) is 36.7. The van der Waals surface area contributed by atoms with Crippen molar-refractivity contribution < 1.29 is 38.2 Å². The van der Waals surface area contributed by atoms with Gasteiger partial charge in [-0.3, -0.25) is 24.0 Å². The molecule has 5 N–H and O–H groups in total. The minimum absolute atomic E-state index is 0.0342. The van der Waals surface area contributed by atoms with Gasteiger partial charge in [0.1, 0.15) is 42.8 Å². The van der Waals surface area contributed by atoms with Crippen LogP contribution in [0.5, 0.6) is 5.75 Å². The molecule has 4 atom stereocenters. The molecular formula is C36H45N5O8. The zero-order chi connectivity index (χ0) is 35.7. The molecule has 1 aliphatic rings. The van der Waals surface area contributed by atoms with E-state index < -0.39 is 60.3 Å². The molecule has 0 unspecified atom stereocenters. The first-order valence-corrected chi connectivity index (χ1v) is 16.3. The molecule has 1 fully saturated rings. The summed E-state index contributed by atoms with van der Waals surface area (Å²) in [4.78, 5) is 68.6. The number of carbonyl (C=O) groups is 5. The Balaban J connectivity index is 1.57. The molecule has 0 aliphatic carbocycles. The molecule has 13 heteroatoms. The molecule has 1 aliphatic heterocycles. The average Bonchev–Trinajstić information content (AvgIpc) is 3.44. The number of carbonyl (C=O) groups excluding carboxylic acids is 5. The van der Waals surface area contributed by atoms with Crippen LogP contribution in [0.15, 0.2) is 65.1 Å². The summed E-state index contributed by atoms with van der Waals surface area (Å²) in [7, 11) is 0. The molecule has 0 saturated carbocycles. The summed E-state index contributed by atoms with van der Waals surface area (Å²) in [6, 6.07) is 14.5. The van der Waals surface area contributed by atoms with Crippen molar-refractivity contribution in [2.75, 3.05) is 19.6 Å². The van der Waals surface area contributed by atoms with Crippen LogP contribution < -0.4 is 26.0 Å². The third-order valence-corrected chi connectivity index (χ3v) is 8.19. The van der Waals surface area contributed by atoms with Crippen molar-refractivity contribution in [2.45, 2.75) is 71.9 Å². The molecule has 0 spiro atoms. The SMILES string of the molecule is Cc1ccc(OCc2cc(C(=O)N3CCNC(=O)[C@H]([C@@H](C)O)NC(=O)[C@H](Cc4ccccc4)NC(=O)[C@@H](C(C)C)NC(=O)C3)oc2C)cc1. The van der Waals surface area contributed by atoms with Crippen LogP contribution >= 0.6 is 0 Å². The maximum atomic E-state index is 13.7. The van der Waals surface area contributed by atoms with Gasteiger partial charge >= 0.3 is 0 Å². The monoisotopic (exact) mass is 675 g/mol. The number of furan rings is 1. The fourth-order valence-electron chi connectivity index (χ4n) is 5.30. The number of aliphatic hydroxyl groups is 1. The lowest BCUT2D eigenvalue weighted by atomic mass is 10.0. The molecule has 1 aromatic heterocycles. The van der Waals surface area contributed by atoms with E-state index in [9.17, 15) is 29.1 Å². The Labute approximate surface area is 285 Å². The van der Waals surface area contributed by atoms with E-state index in [1.54, 1.807) is 51.1 Å². The van der Waals surface area contributed by atoms with E-state index in [4.69, 9.17) is 9.15 Å². The quantitative estimate of drug-likeness (QED) is 0.240. The van der Waals surface area contributed by atoms with Crippen LogP contribution in [0, 0.1) is 19.8 Å². The van der Waals surface area contributed by atoms with E-state index in [0.717, 1.165) is 11.1 Å². The summed E-state index contributed by atoms with van der Waals surface area (Å²) in [6.07, 6.45) is -1.20. The largest absolute Gasteiger partial charge is 0.489 e. The summed E-state index contributed by atoms with van der Waals surface area (Å²) >= 11 is 0. The van der Waals surface area contributed by atoms with Crippen LogP contribution in [0.2, 0.25) is 0 Å². The number of ether oxygens (including phenoxy) is 1. The minimum atomic E-state index is -1.36. The highest BCUT2D eigenvalue weighted by molar-refractivity contribution is 5.97. The maximum Gasteiger partial charge on any atom is 0.290 e. The fourth-order valence-corrected chi connectivity index (χ4v) is 5.30. The Morgan fingerprint density at radius 1 is 0.918 bits per heavy atom. The maximum absolute atomic E-state index is 13.7. The third kappa shape index (κ3) is 10.2. The van der Waals surface area contributed by atoms with E-state index in [1.807, 2.05) is 37.3 Å². The lowest BCUT2D eigenvalue weighted by Crippen LogP contribution is -2.60. The molecule has 1 saturated heterocycles. The number of amides is 5. The van der Waals surface area contributed by atoms with Gasteiger partial charge in [0.15, 0.2) is 5.76 Å². The Morgan fingerprint density at radius 3 is 2.27 bits per heavy atom. The molecule has 4 rings (SSSR count). The van der Waals surface area contributed by atoms with Crippen molar-refractivity contribution in [2.24, 2.45) is 5.92 Å². The highest BCUT2D eigenvalue weighted by Crippen LogP contribution is 2.20. The number of hydrogen-bond acceptors (Lipinski definition) is 8. The van der Waals surface area contributed by atoms with Gasteiger partial charge in [0, 0.05) is 25.1 Å². The van der Waals surface area contributed by atoms with Gasteiger partial charge in [-0.1, -0.05) is 61.9 Å².